The zero-order chi connectivity index (χ0) is 15.0. The van der Waals surface area contributed by atoms with Crippen molar-refractivity contribution < 1.29 is 4.74 Å². The molecule has 0 unspecified atom stereocenters. The van der Waals surface area contributed by atoms with Gasteiger partial charge in [-0.2, -0.15) is 5.26 Å². The van der Waals surface area contributed by atoms with Crippen molar-refractivity contribution in [2.75, 3.05) is 7.11 Å². The molecule has 0 fully saturated rings. The number of hydrogen-bond donors (Lipinski definition) is 0. The fourth-order valence-corrected chi connectivity index (χ4v) is 2.54. The fourth-order valence-electron chi connectivity index (χ4n) is 2.54. The minimum absolute atomic E-state index is 0.653. The van der Waals surface area contributed by atoms with E-state index in [-0.39, 0.29) is 0 Å². The number of fused-ring (bicyclic) bond motifs is 1. The third-order valence-electron chi connectivity index (χ3n) is 3.81. The van der Waals surface area contributed by atoms with E-state index < -0.39 is 0 Å². The molecule has 0 aliphatic rings. The van der Waals surface area contributed by atoms with Crippen LogP contribution >= 0.6 is 0 Å². The second-order valence-electron chi connectivity index (χ2n) is 4.95. The first kappa shape index (κ1) is 13.2. The van der Waals surface area contributed by atoms with E-state index in [0.717, 1.165) is 33.7 Å². The maximum Gasteiger partial charge on any atom is 0.139 e. The normalized spacial score (nSPS) is 10.6. The number of nitriles is 1. The molecule has 1 aromatic carbocycles. The molecule has 4 heteroatoms. The third kappa shape index (κ3) is 2.03. The molecule has 0 saturated carbocycles. The van der Waals surface area contributed by atoms with Gasteiger partial charge in [-0.3, -0.25) is 4.98 Å². The van der Waals surface area contributed by atoms with Crippen LogP contribution in [-0.2, 0) is 0 Å². The second-order valence-corrected chi connectivity index (χ2v) is 4.95. The van der Waals surface area contributed by atoms with Crippen LogP contribution in [0, 0.1) is 25.2 Å². The summed E-state index contributed by atoms with van der Waals surface area (Å²) in [6.45, 7) is 4.14. The Hall–Kier alpha value is -2.80. The zero-order valence-electron chi connectivity index (χ0n) is 12.2. The van der Waals surface area contributed by atoms with E-state index in [4.69, 9.17) is 10.00 Å². The summed E-state index contributed by atoms with van der Waals surface area (Å²) in [6, 6.07) is 11.7. The second kappa shape index (κ2) is 4.95. The highest BCUT2D eigenvalue weighted by Crippen LogP contribution is 2.29. The highest BCUT2D eigenvalue weighted by atomic mass is 16.5. The molecule has 21 heavy (non-hydrogen) atoms. The lowest BCUT2D eigenvalue weighted by molar-refractivity contribution is 0.413. The van der Waals surface area contributed by atoms with Crippen molar-refractivity contribution in [2.24, 2.45) is 0 Å². The summed E-state index contributed by atoms with van der Waals surface area (Å²) in [5.41, 5.74) is 5.93. The number of ether oxygens (including phenoxy) is 1. The van der Waals surface area contributed by atoms with E-state index in [1.165, 1.54) is 0 Å². The van der Waals surface area contributed by atoms with Crippen molar-refractivity contribution in [3.05, 3.63) is 53.3 Å². The van der Waals surface area contributed by atoms with E-state index in [9.17, 15) is 0 Å². The summed E-state index contributed by atoms with van der Waals surface area (Å²) in [4.78, 5) is 4.49. The van der Waals surface area contributed by atoms with Crippen LogP contribution in [0.1, 0.15) is 16.8 Å². The quantitative estimate of drug-likeness (QED) is 0.720. The maximum atomic E-state index is 8.91. The Morgan fingerprint density at radius 3 is 2.52 bits per heavy atom. The molecule has 0 aliphatic carbocycles. The SMILES string of the molecule is COc1cnc2c(C)c(C)n(-c3ccc(C#N)cc3)c2c1. The van der Waals surface area contributed by atoms with Crippen LogP contribution in [0.15, 0.2) is 36.5 Å². The molecule has 3 aromatic rings. The van der Waals surface area contributed by atoms with Gasteiger partial charge in [-0.05, 0) is 43.7 Å². The van der Waals surface area contributed by atoms with Gasteiger partial charge in [-0.25, -0.2) is 0 Å². The monoisotopic (exact) mass is 277 g/mol. The lowest BCUT2D eigenvalue weighted by Crippen LogP contribution is -1.97. The van der Waals surface area contributed by atoms with E-state index >= 15 is 0 Å². The molecule has 0 bridgehead atoms. The Labute approximate surface area is 123 Å². The fraction of sp³-hybridized carbons (Fsp3) is 0.176. The van der Waals surface area contributed by atoms with Crippen molar-refractivity contribution in [2.45, 2.75) is 13.8 Å². The van der Waals surface area contributed by atoms with Crippen LogP contribution in [0.5, 0.6) is 5.75 Å². The van der Waals surface area contributed by atoms with Crippen molar-refractivity contribution >= 4 is 11.0 Å². The highest BCUT2D eigenvalue weighted by molar-refractivity contribution is 5.84. The minimum Gasteiger partial charge on any atom is -0.495 e. The molecule has 2 aromatic heterocycles. The van der Waals surface area contributed by atoms with Crippen molar-refractivity contribution in [3.63, 3.8) is 0 Å². The highest BCUT2D eigenvalue weighted by Gasteiger charge is 2.14. The van der Waals surface area contributed by atoms with Crippen LogP contribution in [0.2, 0.25) is 0 Å². The summed E-state index contributed by atoms with van der Waals surface area (Å²) in [6.07, 6.45) is 1.73. The van der Waals surface area contributed by atoms with Gasteiger partial charge in [0.05, 0.1) is 36.0 Å². The molecule has 0 radical (unpaired) electrons. The van der Waals surface area contributed by atoms with Crippen LogP contribution in [0.4, 0.5) is 0 Å². The number of nitrogens with zero attached hydrogens (tertiary/aromatic N) is 3. The molecule has 0 spiro atoms. The van der Waals surface area contributed by atoms with Gasteiger partial charge in [0, 0.05) is 17.4 Å². The number of hydrogen-bond acceptors (Lipinski definition) is 3. The first-order valence-electron chi connectivity index (χ1n) is 6.68. The summed E-state index contributed by atoms with van der Waals surface area (Å²) in [7, 11) is 1.64. The molecule has 0 N–H and O–H groups in total. The van der Waals surface area contributed by atoms with Gasteiger partial charge < -0.3 is 9.30 Å². The summed E-state index contributed by atoms with van der Waals surface area (Å²) < 4.78 is 7.42. The predicted molar refractivity (Wildman–Crippen MR) is 81.8 cm³/mol. The molecule has 0 saturated heterocycles. The Morgan fingerprint density at radius 1 is 1.19 bits per heavy atom. The van der Waals surface area contributed by atoms with Crippen LogP contribution in [-0.4, -0.2) is 16.7 Å². The molecule has 2 heterocycles. The minimum atomic E-state index is 0.653. The number of benzene rings is 1. The Kier molecular flexibility index (Phi) is 3.11. The standard InChI is InChI=1S/C17H15N3O/c1-11-12(2)20(14-6-4-13(9-18)5-7-14)16-8-15(21-3)10-19-17(11)16/h4-8,10H,1-3H3. The number of pyridine rings is 1. The third-order valence-corrected chi connectivity index (χ3v) is 3.81. The lowest BCUT2D eigenvalue weighted by Gasteiger charge is -2.09. The molecular formula is C17H15N3O. The van der Waals surface area contributed by atoms with Crippen LogP contribution in [0.25, 0.3) is 16.7 Å². The van der Waals surface area contributed by atoms with Crippen LogP contribution < -0.4 is 4.74 Å². The lowest BCUT2D eigenvalue weighted by atomic mass is 10.2. The Morgan fingerprint density at radius 2 is 1.90 bits per heavy atom. The number of aryl methyl sites for hydroxylation is 1. The largest absolute Gasteiger partial charge is 0.495 e. The van der Waals surface area contributed by atoms with Crippen molar-refractivity contribution in [1.82, 2.24) is 9.55 Å². The summed E-state index contributed by atoms with van der Waals surface area (Å²) in [5, 5.41) is 8.91. The predicted octanol–water partition coefficient (Wildman–Crippen LogP) is 3.52. The number of methoxy groups -OCH3 is 1. The van der Waals surface area contributed by atoms with Crippen molar-refractivity contribution in [3.8, 4) is 17.5 Å². The number of aromatic nitrogens is 2. The average molecular weight is 277 g/mol. The first-order chi connectivity index (χ1) is 10.2. The molecule has 4 nitrogen and oxygen atoms in total. The van der Waals surface area contributed by atoms with Crippen molar-refractivity contribution in [1.29, 1.82) is 5.26 Å². The van der Waals surface area contributed by atoms with Gasteiger partial charge in [0.15, 0.2) is 0 Å². The van der Waals surface area contributed by atoms with E-state index in [2.05, 4.69) is 29.5 Å². The average Bonchev–Trinajstić information content (AvgIpc) is 2.78. The van der Waals surface area contributed by atoms with E-state index in [1.807, 2.05) is 30.3 Å². The maximum absolute atomic E-state index is 8.91. The first-order valence-corrected chi connectivity index (χ1v) is 6.68. The molecule has 0 amide bonds. The van der Waals surface area contributed by atoms with Gasteiger partial charge in [-0.1, -0.05) is 0 Å². The molecule has 104 valence electrons. The Balaban J connectivity index is 2.29. The summed E-state index contributed by atoms with van der Waals surface area (Å²) >= 11 is 0. The van der Waals surface area contributed by atoms with E-state index in [1.54, 1.807) is 13.3 Å². The van der Waals surface area contributed by atoms with Crippen LogP contribution in [0.3, 0.4) is 0 Å². The summed E-state index contributed by atoms with van der Waals surface area (Å²) in [5.74, 6) is 0.731. The zero-order valence-corrected chi connectivity index (χ0v) is 12.2. The topological polar surface area (TPSA) is 50.8 Å². The van der Waals surface area contributed by atoms with Gasteiger partial charge in [-0.15, -0.1) is 0 Å². The van der Waals surface area contributed by atoms with Gasteiger partial charge in [0.25, 0.3) is 0 Å². The van der Waals surface area contributed by atoms with Gasteiger partial charge >= 0.3 is 0 Å². The Bertz CT molecular complexity index is 854. The molecule has 0 atom stereocenters. The number of rotatable bonds is 2. The smallest absolute Gasteiger partial charge is 0.139 e. The molecular weight excluding hydrogens is 262 g/mol. The van der Waals surface area contributed by atoms with E-state index in [0.29, 0.717) is 5.56 Å². The van der Waals surface area contributed by atoms with Gasteiger partial charge in [0.2, 0.25) is 0 Å². The van der Waals surface area contributed by atoms with Gasteiger partial charge in [0.1, 0.15) is 5.75 Å². The molecule has 3 rings (SSSR count). The molecule has 0 aliphatic heterocycles.